The average molecular weight is 275 g/mol. The molecule has 0 aliphatic heterocycles. The number of methoxy groups -OCH3 is 2. The minimum absolute atomic E-state index is 0.0601. The normalized spacial score (nSPS) is 12.6. The van der Waals surface area contributed by atoms with Crippen LogP contribution in [0.5, 0.6) is 0 Å². The summed E-state index contributed by atoms with van der Waals surface area (Å²) in [6.07, 6.45) is 3.46. The summed E-state index contributed by atoms with van der Waals surface area (Å²) in [6.45, 7) is 2.78. The molecule has 0 aliphatic rings. The van der Waals surface area contributed by atoms with E-state index >= 15 is 0 Å². The van der Waals surface area contributed by atoms with Gasteiger partial charge in [-0.2, -0.15) is 5.10 Å². The molecule has 5 heteroatoms. The third-order valence-electron chi connectivity index (χ3n) is 3.10. The van der Waals surface area contributed by atoms with Crippen molar-refractivity contribution in [3.63, 3.8) is 0 Å². The van der Waals surface area contributed by atoms with Crippen molar-refractivity contribution in [3.05, 3.63) is 48.3 Å². The van der Waals surface area contributed by atoms with E-state index in [4.69, 9.17) is 9.47 Å². The highest BCUT2D eigenvalue weighted by atomic mass is 16.7. The Morgan fingerprint density at radius 3 is 2.70 bits per heavy atom. The van der Waals surface area contributed by atoms with E-state index in [1.807, 2.05) is 36.0 Å². The number of hydrogen-bond acceptors (Lipinski definition) is 4. The first-order valence-electron chi connectivity index (χ1n) is 6.61. The van der Waals surface area contributed by atoms with E-state index in [0.29, 0.717) is 0 Å². The summed E-state index contributed by atoms with van der Waals surface area (Å²) in [6, 6.07) is 10.2. The second-order valence-electron chi connectivity index (χ2n) is 4.68. The monoisotopic (exact) mass is 275 g/mol. The molecule has 1 atom stereocenters. The Labute approximate surface area is 119 Å². The van der Waals surface area contributed by atoms with E-state index in [1.165, 1.54) is 5.56 Å². The van der Waals surface area contributed by atoms with Gasteiger partial charge in [0.15, 0.2) is 6.29 Å². The molecular formula is C15H21N3O2. The maximum atomic E-state index is 5.25. The van der Waals surface area contributed by atoms with Crippen LogP contribution in [-0.4, -0.2) is 36.3 Å². The van der Waals surface area contributed by atoms with Crippen LogP contribution in [0.3, 0.4) is 0 Å². The molecule has 0 saturated heterocycles. The topological polar surface area (TPSA) is 48.3 Å². The van der Waals surface area contributed by atoms with Crippen molar-refractivity contribution in [2.45, 2.75) is 25.8 Å². The van der Waals surface area contributed by atoms with Crippen molar-refractivity contribution >= 4 is 5.69 Å². The van der Waals surface area contributed by atoms with Gasteiger partial charge in [-0.25, -0.2) is 0 Å². The Balaban J connectivity index is 2.02. The fraction of sp³-hybridized carbons (Fsp3) is 0.400. The molecule has 0 fully saturated rings. The SMILES string of the molecule is COC(OC)C(C)Nc1cccc(Cn2cccn2)c1. The number of rotatable bonds is 7. The Morgan fingerprint density at radius 2 is 2.05 bits per heavy atom. The summed E-state index contributed by atoms with van der Waals surface area (Å²) in [5.41, 5.74) is 2.23. The van der Waals surface area contributed by atoms with Crippen molar-refractivity contribution in [2.75, 3.05) is 19.5 Å². The molecular weight excluding hydrogens is 254 g/mol. The molecule has 20 heavy (non-hydrogen) atoms. The van der Waals surface area contributed by atoms with Gasteiger partial charge in [-0.3, -0.25) is 4.68 Å². The number of anilines is 1. The fourth-order valence-corrected chi connectivity index (χ4v) is 2.18. The van der Waals surface area contributed by atoms with Crippen molar-refractivity contribution in [3.8, 4) is 0 Å². The quantitative estimate of drug-likeness (QED) is 0.788. The van der Waals surface area contributed by atoms with Gasteiger partial charge in [-0.15, -0.1) is 0 Å². The van der Waals surface area contributed by atoms with Gasteiger partial charge >= 0.3 is 0 Å². The van der Waals surface area contributed by atoms with E-state index in [9.17, 15) is 0 Å². The highest BCUT2D eigenvalue weighted by Crippen LogP contribution is 2.14. The zero-order valence-corrected chi connectivity index (χ0v) is 12.1. The molecule has 1 N–H and O–H groups in total. The lowest BCUT2D eigenvalue weighted by Crippen LogP contribution is -2.33. The number of nitrogens with one attached hydrogen (secondary N) is 1. The summed E-state index contributed by atoms with van der Waals surface area (Å²) in [7, 11) is 3.28. The largest absolute Gasteiger partial charge is 0.377 e. The molecule has 0 spiro atoms. The van der Waals surface area contributed by atoms with Crippen molar-refractivity contribution < 1.29 is 9.47 Å². The zero-order valence-electron chi connectivity index (χ0n) is 12.1. The zero-order chi connectivity index (χ0) is 14.4. The van der Waals surface area contributed by atoms with Crippen LogP contribution >= 0.6 is 0 Å². The van der Waals surface area contributed by atoms with Gasteiger partial charge in [0.2, 0.25) is 0 Å². The first-order valence-corrected chi connectivity index (χ1v) is 6.61. The highest BCUT2D eigenvalue weighted by Gasteiger charge is 2.15. The predicted octanol–water partition coefficient (Wildman–Crippen LogP) is 2.35. The Kier molecular flexibility index (Phi) is 5.15. The summed E-state index contributed by atoms with van der Waals surface area (Å²) >= 11 is 0. The van der Waals surface area contributed by atoms with E-state index in [1.54, 1.807) is 20.4 Å². The van der Waals surface area contributed by atoms with Crippen LogP contribution in [0.1, 0.15) is 12.5 Å². The second kappa shape index (κ2) is 7.07. The van der Waals surface area contributed by atoms with Crippen LogP contribution in [0.2, 0.25) is 0 Å². The number of ether oxygens (including phenoxy) is 2. The first kappa shape index (κ1) is 14.6. The van der Waals surface area contributed by atoms with Gasteiger partial charge < -0.3 is 14.8 Å². The molecule has 0 amide bonds. The number of benzene rings is 1. The Hall–Kier alpha value is -1.85. The van der Waals surface area contributed by atoms with E-state index in [2.05, 4.69) is 22.5 Å². The van der Waals surface area contributed by atoms with Crippen LogP contribution in [0.4, 0.5) is 5.69 Å². The van der Waals surface area contributed by atoms with E-state index in [-0.39, 0.29) is 12.3 Å². The van der Waals surface area contributed by atoms with Crippen LogP contribution in [0.25, 0.3) is 0 Å². The molecule has 2 aromatic rings. The maximum Gasteiger partial charge on any atom is 0.176 e. The lowest BCUT2D eigenvalue weighted by atomic mass is 10.2. The maximum absolute atomic E-state index is 5.25. The van der Waals surface area contributed by atoms with Crippen LogP contribution in [-0.2, 0) is 16.0 Å². The van der Waals surface area contributed by atoms with Crippen molar-refractivity contribution in [1.82, 2.24) is 9.78 Å². The summed E-state index contributed by atoms with van der Waals surface area (Å²) in [5.74, 6) is 0. The van der Waals surface area contributed by atoms with Crippen LogP contribution in [0.15, 0.2) is 42.7 Å². The molecule has 0 bridgehead atoms. The van der Waals surface area contributed by atoms with Gasteiger partial charge in [0.1, 0.15) is 0 Å². The van der Waals surface area contributed by atoms with E-state index < -0.39 is 0 Å². The van der Waals surface area contributed by atoms with Gasteiger partial charge in [0, 0.05) is 32.3 Å². The van der Waals surface area contributed by atoms with Gasteiger partial charge in [-0.1, -0.05) is 12.1 Å². The van der Waals surface area contributed by atoms with E-state index in [0.717, 1.165) is 12.2 Å². The molecule has 2 rings (SSSR count). The first-order chi connectivity index (χ1) is 9.72. The summed E-state index contributed by atoms with van der Waals surface area (Å²) in [5, 5.41) is 7.60. The molecule has 1 unspecified atom stereocenters. The highest BCUT2D eigenvalue weighted by molar-refractivity contribution is 5.46. The lowest BCUT2D eigenvalue weighted by molar-refractivity contribution is -0.109. The standard InChI is InChI=1S/C15H21N3O2/c1-12(15(19-2)20-3)17-14-7-4-6-13(10-14)11-18-9-5-8-16-18/h4-10,12,15,17H,11H2,1-3H3. The van der Waals surface area contributed by atoms with Gasteiger partial charge in [0.05, 0.1) is 12.6 Å². The van der Waals surface area contributed by atoms with Crippen LogP contribution in [0, 0.1) is 0 Å². The lowest BCUT2D eigenvalue weighted by Gasteiger charge is -2.23. The summed E-state index contributed by atoms with van der Waals surface area (Å²) < 4.78 is 12.4. The molecule has 0 radical (unpaired) electrons. The fourth-order valence-electron chi connectivity index (χ4n) is 2.18. The Morgan fingerprint density at radius 1 is 1.25 bits per heavy atom. The van der Waals surface area contributed by atoms with Gasteiger partial charge in [-0.05, 0) is 30.7 Å². The predicted molar refractivity (Wildman–Crippen MR) is 78.7 cm³/mol. The molecule has 108 valence electrons. The molecule has 0 saturated carbocycles. The average Bonchev–Trinajstić information content (AvgIpc) is 2.93. The van der Waals surface area contributed by atoms with Crippen molar-refractivity contribution in [2.24, 2.45) is 0 Å². The molecule has 1 aromatic carbocycles. The smallest absolute Gasteiger partial charge is 0.176 e. The minimum Gasteiger partial charge on any atom is -0.377 e. The molecule has 1 aromatic heterocycles. The third kappa shape index (κ3) is 3.82. The third-order valence-corrected chi connectivity index (χ3v) is 3.10. The number of hydrogen-bond donors (Lipinski definition) is 1. The molecule has 5 nitrogen and oxygen atoms in total. The van der Waals surface area contributed by atoms with Crippen LogP contribution < -0.4 is 5.32 Å². The Bertz CT molecular complexity index is 510. The number of nitrogens with zero attached hydrogens (tertiary/aromatic N) is 2. The summed E-state index contributed by atoms with van der Waals surface area (Å²) in [4.78, 5) is 0. The molecule has 0 aliphatic carbocycles. The molecule has 1 heterocycles. The van der Waals surface area contributed by atoms with Crippen molar-refractivity contribution in [1.29, 1.82) is 0 Å². The minimum atomic E-state index is -0.273. The second-order valence-corrected chi connectivity index (χ2v) is 4.68. The van der Waals surface area contributed by atoms with Gasteiger partial charge in [0.25, 0.3) is 0 Å². The number of aromatic nitrogens is 2.